The Kier molecular flexibility index (Phi) is 5.50. The third kappa shape index (κ3) is 4.04. The summed E-state index contributed by atoms with van der Waals surface area (Å²) in [6, 6.07) is 15.9. The van der Waals surface area contributed by atoms with Gasteiger partial charge in [-0.15, -0.1) is 0 Å². The number of carbonyl (C=O) groups is 1. The largest absolute Gasteiger partial charge is 0.334 e. The smallest absolute Gasteiger partial charge is 0.274 e. The van der Waals surface area contributed by atoms with E-state index >= 15 is 0 Å². The molecule has 0 radical (unpaired) electrons. The quantitative estimate of drug-likeness (QED) is 0.409. The zero-order valence-electron chi connectivity index (χ0n) is 16.3. The Morgan fingerprint density at radius 2 is 2.03 bits per heavy atom. The summed E-state index contributed by atoms with van der Waals surface area (Å²) in [5.41, 5.74) is 3.16. The summed E-state index contributed by atoms with van der Waals surface area (Å²) < 4.78 is 21.0. The number of nitrogens with zero attached hydrogens (tertiary/aromatic N) is 4. The van der Waals surface area contributed by atoms with E-state index in [9.17, 15) is 9.18 Å². The SMILES string of the molecule is Cc1cccc(N(C)C(=O)Cn2cccc2-c2nc(-c3ccc(F)c(Br)c3)no2)c1. The van der Waals surface area contributed by atoms with Crippen LogP contribution in [0.15, 0.2) is 69.8 Å². The molecular weight excluding hydrogens is 451 g/mol. The zero-order valence-corrected chi connectivity index (χ0v) is 17.9. The van der Waals surface area contributed by atoms with Crippen molar-refractivity contribution in [2.24, 2.45) is 0 Å². The van der Waals surface area contributed by atoms with Crippen molar-refractivity contribution in [3.63, 3.8) is 0 Å². The molecule has 0 aliphatic heterocycles. The second-order valence-electron chi connectivity index (χ2n) is 6.87. The number of carbonyl (C=O) groups excluding carboxylic acids is 1. The van der Waals surface area contributed by atoms with E-state index in [1.807, 2.05) is 37.3 Å². The van der Waals surface area contributed by atoms with Crippen LogP contribution in [0.2, 0.25) is 0 Å². The van der Waals surface area contributed by atoms with Crippen LogP contribution in [0.25, 0.3) is 23.0 Å². The van der Waals surface area contributed by atoms with Gasteiger partial charge in [0.2, 0.25) is 11.7 Å². The summed E-state index contributed by atoms with van der Waals surface area (Å²) in [7, 11) is 1.75. The average Bonchev–Trinajstić information content (AvgIpc) is 3.39. The van der Waals surface area contributed by atoms with Crippen molar-refractivity contribution in [1.82, 2.24) is 14.7 Å². The maximum Gasteiger partial charge on any atom is 0.274 e. The van der Waals surface area contributed by atoms with E-state index in [1.165, 1.54) is 6.07 Å². The number of rotatable bonds is 5. The highest BCUT2D eigenvalue weighted by atomic mass is 79.9. The minimum Gasteiger partial charge on any atom is -0.334 e. The molecule has 2 heterocycles. The molecule has 152 valence electrons. The summed E-state index contributed by atoms with van der Waals surface area (Å²) in [4.78, 5) is 18.8. The number of likely N-dealkylation sites (N-methyl/N-ethyl adjacent to an activating group) is 1. The van der Waals surface area contributed by atoms with Gasteiger partial charge in [0.1, 0.15) is 18.1 Å². The Morgan fingerprint density at radius 1 is 1.20 bits per heavy atom. The summed E-state index contributed by atoms with van der Waals surface area (Å²) >= 11 is 3.16. The van der Waals surface area contributed by atoms with Crippen molar-refractivity contribution in [1.29, 1.82) is 0 Å². The molecule has 4 aromatic rings. The van der Waals surface area contributed by atoms with Gasteiger partial charge in [-0.1, -0.05) is 17.3 Å². The predicted octanol–water partition coefficient (Wildman–Crippen LogP) is 5.08. The second-order valence-corrected chi connectivity index (χ2v) is 7.72. The molecule has 2 aromatic carbocycles. The van der Waals surface area contributed by atoms with Gasteiger partial charge in [-0.2, -0.15) is 4.98 Å². The standard InChI is InChI=1S/C22H18BrFN4O2/c1-14-5-3-6-16(11-14)27(2)20(29)13-28-10-4-7-19(28)22-25-21(26-30-22)15-8-9-18(24)17(23)12-15/h3-12H,13H2,1-2H3. The minimum absolute atomic E-state index is 0.0831. The Labute approximate surface area is 181 Å². The number of halogens is 2. The normalized spacial score (nSPS) is 10.9. The zero-order chi connectivity index (χ0) is 21.3. The number of anilines is 1. The van der Waals surface area contributed by atoms with E-state index in [-0.39, 0.29) is 24.2 Å². The lowest BCUT2D eigenvalue weighted by Gasteiger charge is -2.18. The second kappa shape index (κ2) is 8.23. The fraction of sp³-hybridized carbons (Fsp3) is 0.136. The lowest BCUT2D eigenvalue weighted by atomic mass is 10.2. The number of hydrogen-bond acceptors (Lipinski definition) is 4. The number of benzene rings is 2. The first-order valence-electron chi connectivity index (χ1n) is 9.20. The molecule has 0 unspecified atom stereocenters. The fourth-order valence-corrected chi connectivity index (χ4v) is 3.44. The van der Waals surface area contributed by atoms with Crippen molar-refractivity contribution < 1.29 is 13.7 Å². The van der Waals surface area contributed by atoms with E-state index in [4.69, 9.17) is 4.52 Å². The Hall–Kier alpha value is -3.26. The number of aromatic nitrogens is 3. The minimum atomic E-state index is -0.368. The van der Waals surface area contributed by atoms with Gasteiger partial charge < -0.3 is 14.0 Å². The molecule has 0 N–H and O–H groups in total. The van der Waals surface area contributed by atoms with Gasteiger partial charge in [0, 0.05) is 24.5 Å². The van der Waals surface area contributed by atoms with Gasteiger partial charge in [-0.3, -0.25) is 4.79 Å². The molecule has 0 saturated heterocycles. The van der Waals surface area contributed by atoms with Crippen LogP contribution in [0.3, 0.4) is 0 Å². The van der Waals surface area contributed by atoms with E-state index in [1.54, 1.807) is 40.9 Å². The molecule has 0 aliphatic rings. The van der Waals surface area contributed by atoms with Crippen LogP contribution in [0, 0.1) is 12.7 Å². The summed E-state index contributed by atoms with van der Waals surface area (Å²) in [5.74, 6) is 0.163. The molecule has 0 fully saturated rings. The maximum atomic E-state index is 13.5. The highest BCUT2D eigenvalue weighted by molar-refractivity contribution is 9.10. The molecule has 0 bridgehead atoms. The lowest BCUT2D eigenvalue weighted by molar-refractivity contribution is -0.118. The Bertz CT molecular complexity index is 1220. The first-order chi connectivity index (χ1) is 14.4. The summed E-state index contributed by atoms with van der Waals surface area (Å²) in [6.45, 7) is 2.10. The van der Waals surface area contributed by atoms with E-state index < -0.39 is 0 Å². The van der Waals surface area contributed by atoms with Crippen LogP contribution < -0.4 is 4.90 Å². The molecule has 30 heavy (non-hydrogen) atoms. The monoisotopic (exact) mass is 468 g/mol. The first-order valence-corrected chi connectivity index (χ1v) is 9.99. The van der Waals surface area contributed by atoms with Gasteiger partial charge in [0.15, 0.2) is 0 Å². The van der Waals surface area contributed by atoms with Gasteiger partial charge in [0.25, 0.3) is 5.89 Å². The highest BCUT2D eigenvalue weighted by Gasteiger charge is 2.18. The molecular formula is C22H18BrFN4O2. The van der Waals surface area contributed by atoms with E-state index in [0.29, 0.717) is 21.6 Å². The highest BCUT2D eigenvalue weighted by Crippen LogP contribution is 2.26. The van der Waals surface area contributed by atoms with Crippen molar-refractivity contribution >= 4 is 27.5 Å². The lowest BCUT2D eigenvalue weighted by Crippen LogP contribution is -2.30. The number of hydrogen-bond donors (Lipinski definition) is 0. The topological polar surface area (TPSA) is 64.2 Å². The summed E-state index contributed by atoms with van der Waals surface area (Å²) in [6.07, 6.45) is 1.79. The van der Waals surface area contributed by atoms with Crippen LogP contribution in [0.5, 0.6) is 0 Å². The van der Waals surface area contributed by atoms with Gasteiger partial charge >= 0.3 is 0 Å². The molecule has 0 spiro atoms. The summed E-state index contributed by atoms with van der Waals surface area (Å²) in [5, 5.41) is 3.99. The van der Waals surface area contributed by atoms with Crippen LogP contribution in [-0.2, 0) is 11.3 Å². The molecule has 4 rings (SSSR count). The van der Waals surface area contributed by atoms with Crippen molar-refractivity contribution in [2.75, 3.05) is 11.9 Å². The van der Waals surface area contributed by atoms with Crippen LogP contribution in [0.4, 0.5) is 10.1 Å². The van der Waals surface area contributed by atoms with E-state index in [2.05, 4.69) is 26.1 Å². The molecule has 0 atom stereocenters. The van der Waals surface area contributed by atoms with Gasteiger partial charge in [0.05, 0.1) is 4.47 Å². The van der Waals surface area contributed by atoms with Crippen LogP contribution in [-0.4, -0.2) is 27.7 Å². The molecule has 8 heteroatoms. The third-order valence-corrected chi connectivity index (χ3v) is 5.33. The molecule has 6 nitrogen and oxygen atoms in total. The van der Waals surface area contributed by atoms with Crippen molar-refractivity contribution in [3.05, 3.63) is 76.6 Å². The van der Waals surface area contributed by atoms with Crippen molar-refractivity contribution in [3.8, 4) is 23.0 Å². The molecule has 0 saturated carbocycles. The van der Waals surface area contributed by atoms with Crippen molar-refractivity contribution in [2.45, 2.75) is 13.5 Å². The van der Waals surface area contributed by atoms with E-state index in [0.717, 1.165) is 11.3 Å². The number of aryl methyl sites for hydroxylation is 1. The number of amides is 1. The fourth-order valence-electron chi connectivity index (χ4n) is 3.06. The Morgan fingerprint density at radius 3 is 2.80 bits per heavy atom. The molecule has 0 aliphatic carbocycles. The van der Waals surface area contributed by atoms with Gasteiger partial charge in [-0.25, -0.2) is 4.39 Å². The van der Waals surface area contributed by atoms with Crippen LogP contribution >= 0.6 is 15.9 Å². The molecule has 1 amide bonds. The molecule has 2 aromatic heterocycles. The van der Waals surface area contributed by atoms with Crippen LogP contribution in [0.1, 0.15) is 5.56 Å². The first kappa shape index (κ1) is 20.0. The maximum absolute atomic E-state index is 13.5. The average molecular weight is 469 g/mol. The predicted molar refractivity (Wildman–Crippen MR) is 115 cm³/mol. The van der Waals surface area contributed by atoms with Gasteiger partial charge in [-0.05, 0) is 70.9 Å². The third-order valence-electron chi connectivity index (χ3n) is 4.72. The Balaban J connectivity index is 1.56.